The van der Waals surface area contributed by atoms with Crippen molar-refractivity contribution in [2.24, 2.45) is 0 Å². The zero-order valence-electron chi connectivity index (χ0n) is 11.0. The number of hydrogen-bond donors (Lipinski definition) is 0. The Morgan fingerprint density at radius 1 is 0.423 bits per heavy atom. The van der Waals surface area contributed by atoms with E-state index in [1.54, 1.807) is 0 Å². The molecule has 0 aromatic heterocycles. The van der Waals surface area contributed by atoms with E-state index in [1.807, 2.05) is 0 Å². The number of alkyl halides is 16. The normalized spacial score (nSPS) is 15.9. The van der Waals surface area contributed by atoms with E-state index in [4.69, 9.17) is 0 Å². The van der Waals surface area contributed by atoms with Crippen LogP contribution in [-0.2, 0) is 0 Å². The average molecular weight is 466 g/mol. The summed E-state index contributed by atoms with van der Waals surface area (Å²) < 4.78 is 199. The van der Waals surface area contributed by atoms with E-state index < -0.39 is 68.6 Å². The second kappa shape index (κ2) is 7.20. The smallest absolute Gasteiger partial charge is 0.203 e. The summed E-state index contributed by atoms with van der Waals surface area (Å²) >= 11 is 0. The number of rotatable bonds is 9. The van der Waals surface area contributed by atoms with E-state index in [9.17, 15) is 70.2 Å². The first-order valence-corrected chi connectivity index (χ1v) is 7.44. The summed E-state index contributed by atoms with van der Waals surface area (Å²) in [4.78, 5) is 0. The minimum Gasteiger partial charge on any atom is -0.203 e. The van der Waals surface area contributed by atoms with Crippen molar-refractivity contribution in [2.45, 2.75) is 47.1 Å². The molecule has 0 aromatic rings. The molecule has 0 amide bonds. The summed E-state index contributed by atoms with van der Waals surface area (Å²) in [6.07, 6.45) is -10.9. The Morgan fingerprint density at radius 3 is 0.769 bits per heavy atom. The highest BCUT2D eigenvalue weighted by Crippen LogP contribution is 2.62. The fourth-order valence-electron chi connectivity index (χ4n) is 0.871. The molecule has 26 heavy (non-hydrogen) atoms. The topological polar surface area (TPSA) is 0 Å². The molecular formula is C8H2F16S2. The van der Waals surface area contributed by atoms with Crippen LogP contribution in [-0.4, -0.2) is 47.1 Å². The highest BCUT2D eigenvalue weighted by atomic mass is 33.1. The quantitative estimate of drug-likeness (QED) is 0.277. The molecule has 0 unspecified atom stereocenters. The fraction of sp³-hybridized carbons (Fsp3) is 1.00. The largest absolute Gasteiger partial charge is 0.388 e. The maximum Gasteiger partial charge on any atom is 0.388 e. The SMILES string of the molecule is FC(F)C(F)(F)C(F)(F)C(F)(F)SSC(F)(F)C(F)(F)C(F)(F)C(F)F. The Labute approximate surface area is 140 Å². The molecule has 0 rings (SSSR count). The highest BCUT2D eigenvalue weighted by Gasteiger charge is 2.79. The Hall–Kier alpha value is -0.420. The molecule has 0 saturated heterocycles. The van der Waals surface area contributed by atoms with Crippen LogP contribution >= 0.6 is 21.6 Å². The van der Waals surface area contributed by atoms with Crippen molar-refractivity contribution in [3.05, 3.63) is 0 Å². The van der Waals surface area contributed by atoms with Gasteiger partial charge in [-0.3, -0.25) is 0 Å². The second-order valence-electron chi connectivity index (χ2n) is 4.20. The van der Waals surface area contributed by atoms with E-state index in [1.165, 1.54) is 0 Å². The molecule has 0 bridgehead atoms. The van der Waals surface area contributed by atoms with Crippen molar-refractivity contribution < 1.29 is 70.2 Å². The van der Waals surface area contributed by atoms with Crippen LogP contribution < -0.4 is 0 Å². The highest BCUT2D eigenvalue weighted by molar-refractivity contribution is 8.77. The third-order valence-electron chi connectivity index (χ3n) is 2.37. The minimum absolute atomic E-state index is 2.60. The lowest BCUT2D eigenvalue weighted by molar-refractivity contribution is -0.313. The van der Waals surface area contributed by atoms with Gasteiger partial charge in [-0.2, -0.15) is 52.7 Å². The third-order valence-corrected chi connectivity index (χ3v) is 4.89. The summed E-state index contributed by atoms with van der Waals surface area (Å²) in [7, 11) is -5.19. The standard InChI is InChI=1S/C8H2F16S2/c9-1(10)3(13,14)5(17,18)7(21,22)25-26-8(23,24)6(19,20)4(15,16)2(11)12/h1-2H. The zero-order valence-corrected chi connectivity index (χ0v) is 12.7. The first-order chi connectivity index (χ1) is 11.1. The molecule has 0 nitrogen and oxygen atoms in total. The predicted octanol–water partition coefficient (Wildman–Crippen LogP) is 6.62. The van der Waals surface area contributed by atoms with E-state index >= 15 is 0 Å². The number of halogens is 16. The molecule has 0 heterocycles. The van der Waals surface area contributed by atoms with E-state index in [-0.39, 0.29) is 0 Å². The van der Waals surface area contributed by atoms with Crippen molar-refractivity contribution in [3.63, 3.8) is 0 Å². The van der Waals surface area contributed by atoms with Crippen molar-refractivity contribution in [3.8, 4) is 0 Å². The lowest BCUT2D eigenvalue weighted by Gasteiger charge is -2.34. The first kappa shape index (κ1) is 25.6. The molecule has 158 valence electrons. The van der Waals surface area contributed by atoms with Crippen LogP contribution in [0.3, 0.4) is 0 Å². The monoisotopic (exact) mass is 466 g/mol. The van der Waals surface area contributed by atoms with E-state index in [2.05, 4.69) is 0 Å². The van der Waals surface area contributed by atoms with Crippen molar-refractivity contribution in [2.75, 3.05) is 0 Å². The third kappa shape index (κ3) is 4.04. The van der Waals surface area contributed by atoms with E-state index in [0.29, 0.717) is 0 Å². The summed E-state index contributed by atoms with van der Waals surface area (Å²) in [6, 6.07) is 0. The molecule has 0 aromatic carbocycles. The molecule has 0 radical (unpaired) electrons. The summed E-state index contributed by atoms with van der Waals surface area (Å²) in [5.74, 6) is -27.9. The van der Waals surface area contributed by atoms with Gasteiger partial charge in [0.25, 0.3) is 0 Å². The first-order valence-electron chi connectivity index (χ1n) is 5.29. The van der Waals surface area contributed by atoms with Crippen molar-refractivity contribution in [1.29, 1.82) is 0 Å². The summed E-state index contributed by atoms with van der Waals surface area (Å²) in [6.45, 7) is 0. The molecule has 0 N–H and O–H groups in total. The Bertz CT molecular complexity index is 441. The van der Waals surface area contributed by atoms with Crippen LogP contribution in [0.25, 0.3) is 0 Å². The molecule has 0 aliphatic carbocycles. The zero-order chi connectivity index (χ0) is 21.6. The second-order valence-corrected chi connectivity index (χ2v) is 6.56. The molecule has 0 saturated carbocycles. The molecule has 0 aliphatic heterocycles. The van der Waals surface area contributed by atoms with Gasteiger partial charge in [0.05, 0.1) is 0 Å². The van der Waals surface area contributed by atoms with Gasteiger partial charge in [0.2, 0.25) is 0 Å². The molecular weight excluding hydrogens is 464 g/mol. The summed E-state index contributed by atoms with van der Waals surface area (Å²) in [5.41, 5.74) is 0. The Morgan fingerprint density at radius 2 is 0.615 bits per heavy atom. The van der Waals surface area contributed by atoms with Gasteiger partial charge in [0.15, 0.2) is 0 Å². The van der Waals surface area contributed by atoms with Gasteiger partial charge in [-0.05, 0) is 21.6 Å². The van der Waals surface area contributed by atoms with Gasteiger partial charge in [-0.15, -0.1) is 0 Å². The van der Waals surface area contributed by atoms with Gasteiger partial charge >= 0.3 is 47.1 Å². The van der Waals surface area contributed by atoms with Crippen LogP contribution in [0.15, 0.2) is 0 Å². The van der Waals surface area contributed by atoms with Gasteiger partial charge in [-0.25, -0.2) is 17.6 Å². The van der Waals surface area contributed by atoms with Gasteiger partial charge < -0.3 is 0 Å². The van der Waals surface area contributed by atoms with Gasteiger partial charge in [0, 0.05) is 0 Å². The van der Waals surface area contributed by atoms with Crippen LogP contribution in [0.1, 0.15) is 0 Å². The average Bonchev–Trinajstić information content (AvgIpc) is 2.44. The van der Waals surface area contributed by atoms with E-state index in [0.717, 1.165) is 0 Å². The minimum atomic E-state index is -7.11. The lowest BCUT2D eigenvalue weighted by atomic mass is 10.2. The molecule has 0 atom stereocenters. The van der Waals surface area contributed by atoms with Crippen molar-refractivity contribution >= 4 is 21.6 Å². The maximum atomic E-state index is 12.9. The fourth-order valence-corrected chi connectivity index (χ4v) is 2.82. The van der Waals surface area contributed by atoms with Crippen molar-refractivity contribution in [1.82, 2.24) is 0 Å². The van der Waals surface area contributed by atoms with Crippen LogP contribution in [0.2, 0.25) is 0 Å². The van der Waals surface area contributed by atoms with Crippen LogP contribution in [0.5, 0.6) is 0 Å². The molecule has 0 spiro atoms. The lowest BCUT2D eigenvalue weighted by Crippen LogP contribution is -2.57. The molecule has 0 fully saturated rings. The number of hydrogen-bond acceptors (Lipinski definition) is 2. The van der Waals surface area contributed by atoms with Gasteiger partial charge in [-0.1, -0.05) is 0 Å². The van der Waals surface area contributed by atoms with Crippen LogP contribution in [0, 0.1) is 0 Å². The molecule has 0 aliphatic rings. The maximum absolute atomic E-state index is 12.9. The van der Waals surface area contributed by atoms with Gasteiger partial charge in [0.1, 0.15) is 0 Å². The predicted molar refractivity (Wildman–Crippen MR) is 56.9 cm³/mol. The molecule has 18 heteroatoms. The Kier molecular flexibility index (Phi) is 7.08. The van der Waals surface area contributed by atoms with Crippen LogP contribution in [0.4, 0.5) is 70.2 Å². The Balaban J connectivity index is 5.62. The summed E-state index contributed by atoms with van der Waals surface area (Å²) in [5, 5.41) is -13.3.